The molecule has 0 aromatic carbocycles. The van der Waals surface area contributed by atoms with Crippen molar-refractivity contribution in [2.75, 3.05) is 6.54 Å². The fourth-order valence-electron chi connectivity index (χ4n) is 1.89. The van der Waals surface area contributed by atoms with Crippen molar-refractivity contribution in [2.45, 2.75) is 44.6 Å². The summed E-state index contributed by atoms with van der Waals surface area (Å²) in [6, 6.07) is 0. The van der Waals surface area contributed by atoms with E-state index in [-0.39, 0.29) is 6.10 Å². The molecule has 1 fully saturated rings. The molecule has 0 amide bonds. The average Bonchev–Trinajstić information content (AvgIpc) is 2.30. The molecule has 0 heterocycles. The lowest BCUT2D eigenvalue weighted by Crippen LogP contribution is -2.28. The second kappa shape index (κ2) is 4.73. The van der Waals surface area contributed by atoms with E-state index in [1.54, 1.807) is 0 Å². The molecule has 1 rings (SSSR count). The predicted octanol–water partition coefficient (Wildman–Crippen LogP) is 1.28. The number of hydrogen-bond acceptors (Lipinski definition) is 2. The summed E-state index contributed by atoms with van der Waals surface area (Å²) in [6.07, 6.45) is 7.36. The fourth-order valence-corrected chi connectivity index (χ4v) is 1.89. The topological polar surface area (TPSA) is 46.2 Å². The first kappa shape index (κ1) is 9.01. The summed E-state index contributed by atoms with van der Waals surface area (Å²) >= 11 is 0. The molecule has 2 heteroatoms. The zero-order valence-corrected chi connectivity index (χ0v) is 7.13. The summed E-state index contributed by atoms with van der Waals surface area (Å²) < 4.78 is 0. The van der Waals surface area contributed by atoms with Gasteiger partial charge in [-0.25, -0.2) is 0 Å². The van der Waals surface area contributed by atoms with Crippen LogP contribution in [0.1, 0.15) is 38.5 Å². The second-order valence-corrected chi connectivity index (χ2v) is 3.55. The Kier molecular flexibility index (Phi) is 3.87. The molecule has 0 bridgehead atoms. The highest BCUT2D eigenvalue weighted by molar-refractivity contribution is 4.72. The Morgan fingerprint density at radius 1 is 1.18 bits per heavy atom. The highest BCUT2D eigenvalue weighted by Crippen LogP contribution is 2.24. The number of hydrogen-bond donors (Lipinski definition) is 2. The summed E-state index contributed by atoms with van der Waals surface area (Å²) in [5, 5.41) is 9.48. The normalized spacial score (nSPS) is 24.5. The van der Waals surface area contributed by atoms with Gasteiger partial charge >= 0.3 is 0 Å². The van der Waals surface area contributed by atoms with E-state index < -0.39 is 0 Å². The standard InChI is InChI=1S/C9H19NO/c10-7-9(11)8-5-3-1-2-4-6-8/h8-9,11H,1-7,10H2. The van der Waals surface area contributed by atoms with Crippen molar-refractivity contribution in [3.63, 3.8) is 0 Å². The third kappa shape index (κ3) is 2.80. The number of rotatable bonds is 2. The Bertz CT molecular complexity index is 97.7. The van der Waals surface area contributed by atoms with E-state index in [4.69, 9.17) is 5.73 Å². The zero-order valence-electron chi connectivity index (χ0n) is 7.13. The third-order valence-corrected chi connectivity index (χ3v) is 2.69. The molecule has 0 aromatic rings. The fraction of sp³-hybridized carbons (Fsp3) is 1.00. The van der Waals surface area contributed by atoms with Crippen LogP contribution in [0, 0.1) is 5.92 Å². The summed E-state index contributed by atoms with van der Waals surface area (Å²) in [7, 11) is 0. The quantitative estimate of drug-likeness (QED) is 0.593. The highest BCUT2D eigenvalue weighted by atomic mass is 16.3. The predicted molar refractivity (Wildman–Crippen MR) is 46.3 cm³/mol. The molecular weight excluding hydrogens is 138 g/mol. The summed E-state index contributed by atoms with van der Waals surface area (Å²) in [4.78, 5) is 0. The molecule has 2 nitrogen and oxygen atoms in total. The van der Waals surface area contributed by atoms with Crippen LogP contribution in [0.3, 0.4) is 0 Å². The summed E-state index contributed by atoms with van der Waals surface area (Å²) in [5.41, 5.74) is 5.40. The smallest absolute Gasteiger partial charge is 0.0690 e. The molecule has 0 aromatic heterocycles. The minimum absolute atomic E-state index is 0.243. The van der Waals surface area contributed by atoms with Crippen LogP contribution in [-0.2, 0) is 0 Å². The van der Waals surface area contributed by atoms with Gasteiger partial charge in [-0.3, -0.25) is 0 Å². The third-order valence-electron chi connectivity index (χ3n) is 2.69. The lowest BCUT2D eigenvalue weighted by Gasteiger charge is -2.18. The molecule has 1 atom stereocenters. The van der Waals surface area contributed by atoms with E-state index in [1.165, 1.54) is 38.5 Å². The van der Waals surface area contributed by atoms with E-state index >= 15 is 0 Å². The summed E-state index contributed by atoms with van der Waals surface area (Å²) in [6.45, 7) is 0.435. The molecule has 0 radical (unpaired) electrons. The van der Waals surface area contributed by atoms with Gasteiger partial charge in [-0.1, -0.05) is 25.7 Å². The maximum atomic E-state index is 9.48. The van der Waals surface area contributed by atoms with Crippen LogP contribution in [-0.4, -0.2) is 17.8 Å². The number of nitrogens with two attached hydrogens (primary N) is 1. The van der Waals surface area contributed by atoms with E-state index in [1.807, 2.05) is 0 Å². The minimum atomic E-state index is -0.243. The van der Waals surface area contributed by atoms with Crippen molar-refractivity contribution >= 4 is 0 Å². The van der Waals surface area contributed by atoms with E-state index in [0.717, 1.165) is 0 Å². The van der Waals surface area contributed by atoms with Crippen molar-refractivity contribution in [1.82, 2.24) is 0 Å². The molecule has 11 heavy (non-hydrogen) atoms. The molecule has 1 unspecified atom stereocenters. The van der Waals surface area contributed by atoms with Gasteiger partial charge in [0.2, 0.25) is 0 Å². The Balaban J connectivity index is 2.30. The average molecular weight is 157 g/mol. The van der Waals surface area contributed by atoms with Crippen LogP contribution in [0.25, 0.3) is 0 Å². The SMILES string of the molecule is NCC(O)C1CCCCCC1. The highest BCUT2D eigenvalue weighted by Gasteiger charge is 2.18. The molecular formula is C9H19NO. The molecule has 1 aliphatic rings. The van der Waals surface area contributed by atoms with Crippen molar-refractivity contribution in [3.8, 4) is 0 Å². The van der Waals surface area contributed by atoms with Crippen molar-refractivity contribution in [3.05, 3.63) is 0 Å². The van der Waals surface area contributed by atoms with Crippen molar-refractivity contribution in [1.29, 1.82) is 0 Å². The Morgan fingerprint density at radius 3 is 2.18 bits per heavy atom. The van der Waals surface area contributed by atoms with Gasteiger partial charge in [-0.15, -0.1) is 0 Å². The van der Waals surface area contributed by atoms with Gasteiger partial charge in [-0.05, 0) is 18.8 Å². The Labute approximate surface area is 68.8 Å². The molecule has 3 N–H and O–H groups in total. The van der Waals surface area contributed by atoms with Gasteiger partial charge in [0.1, 0.15) is 0 Å². The lowest BCUT2D eigenvalue weighted by atomic mass is 9.94. The molecule has 1 saturated carbocycles. The van der Waals surface area contributed by atoms with E-state index in [2.05, 4.69) is 0 Å². The van der Waals surface area contributed by atoms with Crippen LogP contribution < -0.4 is 5.73 Å². The zero-order chi connectivity index (χ0) is 8.10. The Hall–Kier alpha value is -0.0800. The van der Waals surface area contributed by atoms with Crippen LogP contribution in [0.15, 0.2) is 0 Å². The molecule has 0 saturated heterocycles. The van der Waals surface area contributed by atoms with Crippen LogP contribution in [0.2, 0.25) is 0 Å². The second-order valence-electron chi connectivity index (χ2n) is 3.55. The molecule has 0 spiro atoms. The van der Waals surface area contributed by atoms with Gasteiger partial charge in [0.05, 0.1) is 6.10 Å². The number of aliphatic hydroxyl groups is 1. The van der Waals surface area contributed by atoms with Gasteiger partial charge in [-0.2, -0.15) is 0 Å². The van der Waals surface area contributed by atoms with Crippen LogP contribution >= 0.6 is 0 Å². The van der Waals surface area contributed by atoms with Crippen molar-refractivity contribution < 1.29 is 5.11 Å². The van der Waals surface area contributed by atoms with Gasteiger partial charge in [0, 0.05) is 6.54 Å². The molecule has 66 valence electrons. The first-order chi connectivity index (χ1) is 5.34. The maximum Gasteiger partial charge on any atom is 0.0690 e. The van der Waals surface area contributed by atoms with Crippen LogP contribution in [0.4, 0.5) is 0 Å². The van der Waals surface area contributed by atoms with Gasteiger partial charge < -0.3 is 10.8 Å². The molecule has 0 aliphatic heterocycles. The summed E-state index contributed by atoms with van der Waals surface area (Å²) in [5.74, 6) is 0.488. The maximum absolute atomic E-state index is 9.48. The Morgan fingerprint density at radius 2 is 1.73 bits per heavy atom. The lowest BCUT2D eigenvalue weighted by molar-refractivity contribution is 0.106. The minimum Gasteiger partial charge on any atom is -0.392 e. The van der Waals surface area contributed by atoms with Crippen LogP contribution in [0.5, 0.6) is 0 Å². The number of aliphatic hydroxyl groups excluding tert-OH is 1. The van der Waals surface area contributed by atoms with E-state index in [9.17, 15) is 5.11 Å². The van der Waals surface area contributed by atoms with Crippen molar-refractivity contribution in [2.24, 2.45) is 11.7 Å². The largest absolute Gasteiger partial charge is 0.392 e. The molecule has 1 aliphatic carbocycles. The first-order valence-electron chi connectivity index (χ1n) is 4.72. The first-order valence-corrected chi connectivity index (χ1v) is 4.72. The monoisotopic (exact) mass is 157 g/mol. The van der Waals surface area contributed by atoms with Gasteiger partial charge in [0.25, 0.3) is 0 Å². The van der Waals surface area contributed by atoms with Gasteiger partial charge in [0.15, 0.2) is 0 Å². The van der Waals surface area contributed by atoms with E-state index in [0.29, 0.717) is 12.5 Å².